The molecule has 1 aliphatic carbocycles. The first kappa shape index (κ1) is 23.1. The van der Waals surface area contributed by atoms with Crippen molar-refractivity contribution in [3.8, 4) is 11.8 Å². The zero-order valence-corrected chi connectivity index (χ0v) is 19.2. The second-order valence-corrected chi connectivity index (χ2v) is 10.3. The topological polar surface area (TPSA) is 77.0 Å². The van der Waals surface area contributed by atoms with Gasteiger partial charge in [0.25, 0.3) is 0 Å². The molecule has 1 atom stereocenters. The van der Waals surface area contributed by atoms with Crippen LogP contribution in [0.2, 0.25) is 0 Å². The molecular weight excluding hydrogens is 402 g/mol. The fourth-order valence-corrected chi connectivity index (χ4v) is 4.53. The van der Waals surface area contributed by atoms with Crippen LogP contribution in [-0.2, 0) is 14.2 Å². The van der Waals surface area contributed by atoms with Gasteiger partial charge in [-0.3, -0.25) is 0 Å². The lowest BCUT2D eigenvalue weighted by Gasteiger charge is -2.37. The second kappa shape index (κ2) is 9.69. The van der Waals surface area contributed by atoms with Crippen molar-refractivity contribution in [2.24, 2.45) is 5.41 Å². The van der Waals surface area contributed by atoms with Crippen molar-refractivity contribution in [2.45, 2.75) is 70.6 Å². The molecule has 2 aliphatic rings. The summed E-state index contributed by atoms with van der Waals surface area (Å²) >= 11 is 1.35. The molecule has 166 valence electrons. The van der Waals surface area contributed by atoms with Crippen LogP contribution in [-0.4, -0.2) is 55.8 Å². The van der Waals surface area contributed by atoms with Crippen LogP contribution in [0.15, 0.2) is 6.07 Å². The number of aliphatic hydroxyl groups is 1. The summed E-state index contributed by atoms with van der Waals surface area (Å²) in [7, 11) is 1.39. The summed E-state index contributed by atoms with van der Waals surface area (Å²) in [6.45, 7) is 7.88. The Labute approximate surface area is 183 Å². The largest absolute Gasteiger partial charge is 0.465 e. The van der Waals surface area contributed by atoms with Crippen LogP contribution in [0, 0.1) is 17.3 Å². The Morgan fingerprint density at radius 3 is 2.70 bits per heavy atom. The first-order valence-electron chi connectivity index (χ1n) is 10.6. The highest BCUT2D eigenvalue weighted by atomic mass is 32.1. The van der Waals surface area contributed by atoms with Crippen molar-refractivity contribution >= 4 is 23.0 Å². The summed E-state index contributed by atoms with van der Waals surface area (Å²) in [6.07, 6.45) is 3.93. The SMILES string of the molecule is COC(=O)c1sc(C#CC(C)(C)C)cc1NC1CCC(O)(COC2CCOC2)CC1. The van der Waals surface area contributed by atoms with Gasteiger partial charge in [-0.2, -0.15) is 0 Å². The fraction of sp³-hybridized carbons (Fsp3) is 0.696. The number of methoxy groups -OCH3 is 1. The summed E-state index contributed by atoms with van der Waals surface area (Å²) in [5.74, 6) is 6.03. The molecule has 6 nitrogen and oxygen atoms in total. The monoisotopic (exact) mass is 435 g/mol. The number of carbonyl (C=O) groups excluding carboxylic acids is 1. The summed E-state index contributed by atoms with van der Waals surface area (Å²) < 4.78 is 16.1. The van der Waals surface area contributed by atoms with E-state index in [1.807, 2.05) is 6.07 Å². The van der Waals surface area contributed by atoms with Crippen LogP contribution in [0.1, 0.15) is 67.4 Å². The summed E-state index contributed by atoms with van der Waals surface area (Å²) in [5, 5.41) is 14.3. The minimum atomic E-state index is -0.788. The zero-order valence-electron chi connectivity index (χ0n) is 18.4. The third kappa shape index (κ3) is 6.45. The molecule has 1 aromatic heterocycles. The van der Waals surface area contributed by atoms with Gasteiger partial charge in [-0.1, -0.05) is 11.8 Å². The fourth-order valence-electron chi connectivity index (χ4n) is 3.63. The van der Waals surface area contributed by atoms with Crippen molar-refractivity contribution in [3.05, 3.63) is 15.8 Å². The van der Waals surface area contributed by atoms with Crippen LogP contribution >= 0.6 is 11.3 Å². The van der Waals surface area contributed by atoms with Gasteiger partial charge in [0.15, 0.2) is 0 Å². The lowest BCUT2D eigenvalue weighted by Crippen LogP contribution is -2.43. The van der Waals surface area contributed by atoms with Crippen LogP contribution in [0.25, 0.3) is 0 Å². The number of rotatable bonds is 6. The van der Waals surface area contributed by atoms with Gasteiger partial charge in [0.1, 0.15) is 4.88 Å². The van der Waals surface area contributed by atoms with E-state index in [4.69, 9.17) is 14.2 Å². The third-order valence-corrected chi connectivity index (χ3v) is 6.45. The van der Waals surface area contributed by atoms with E-state index in [2.05, 4.69) is 37.9 Å². The molecule has 0 amide bonds. The third-order valence-electron chi connectivity index (χ3n) is 5.42. The molecule has 3 rings (SSSR count). The first-order chi connectivity index (χ1) is 14.2. The average Bonchev–Trinajstić information content (AvgIpc) is 3.36. The molecule has 0 bridgehead atoms. The van der Waals surface area contributed by atoms with E-state index in [0.717, 1.165) is 36.4 Å². The maximum absolute atomic E-state index is 12.2. The van der Waals surface area contributed by atoms with Crippen LogP contribution in [0.4, 0.5) is 5.69 Å². The van der Waals surface area contributed by atoms with Gasteiger partial charge in [-0.15, -0.1) is 11.3 Å². The van der Waals surface area contributed by atoms with Crippen molar-refractivity contribution < 1.29 is 24.1 Å². The van der Waals surface area contributed by atoms with Crippen molar-refractivity contribution in [3.63, 3.8) is 0 Å². The van der Waals surface area contributed by atoms with E-state index < -0.39 is 5.60 Å². The quantitative estimate of drug-likeness (QED) is 0.523. The second-order valence-electron chi connectivity index (χ2n) is 9.28. The summed E-state index contributed by atoms with van der Waals surface area (Å²) in [5.41, 5.74) is -0.132. The van der Waals surface area contributed by atoms with Gasteiger partial charge >= 0.3 is 5.97 Å². The molecule has 1 aliphatic heterocycles. The number of esters is 1. The Kier molecular flexibility index (Phi) is 7.46. The molecule has 2 heterocycles. The first-order valence-corrected chi connectivity index (χ1v) is 11.4. The van der Waals surface area contributed by atoms with E-state index >= 15 is 0 Å². The zero-order chi connectivity index (χ0) is 21.8. The minimum absolute atomic E-state index is 0.103. The van der Waals surface area contributed by atoms with Gasteiger partial charge in [0.2, 0.25) is 0 Å². The molecule has 30 heavy (non-hydrogen) atoms. The predicted octanol–water partition coefficient (Wildman–Crippen LogP) is 3.82. The van der Waals surface area contributed by atoms with E-state index in [1.165, 1.54) is 18.4 Å². The number of anilines is 1. The maximum Gasteiger partial charge on any atom is 0.350 e. The maximum atomic E-state index is 12.2. The number of hydrogen-bond acceptors (Lipinski definition) is 7. The average molecular weight is 436 g/mol. The minimum Gasteiger partial charge on any atom is -0.465 e. The van der Waals surface area contributed by atoms with E-state index in [-0.39, 0.29) is 23.5 Å². The van der Waals surface area contributed by atoms with Crippen LogP contribution in [0.3, 0.4) is 0 Å². The number of thiophene rings is 1. The number of ether oxygens (including phenoxy) is 3. The molecule has 1 saturated heterocycles. The summed E-state index contributed by atoms with van der Waals surface area (Å²) in [6, 6.07) is 2.11. The van der Waals surface area contributed by atoms with Gasteiger partial charge in [-0.25, -0.2) is 4.79 Å². The molecule has 1 aromatic rings. The molecule has 1 saturated carbocycles. The van der Waals surface area contributed by atoms with Crippen LogP contribution < -0.4 is 5.32 Å². The predicted molar refractivity (Wildman–Crippen MR) is 118 cm³/mol. The molecule has 2 fully saturated rings. The number of hydrogen-bond donors (Lipinski definition) is 2. The molecule has 0 aromatic carbocycles. The van der Waals surface area contributed by atoms with Crippen molar-refractivity contribution in [1.82, 2.24) is 0 Å². The molecule has 0 spiro atoms. The number of nitrogens with one attached hydrogen (secondary N) is 1. The highest BCUT2D eigenvalue weighted by molar-refractivity contribution is 7.15. The Bertz CT molecular complexity index is 787. The van der Waals surface area contributed by atoms with E-state index in [9.17, 15) is 9.90 Å². The Morgan fingerprint density at radius 2 is 2.10 bits per heavy atom. The molecule has 0 radical (unpaired) electrons. The highest BCUT2D eigenvalue weighted by Gasteiger charge is 2.35. The normalized spacial score (nSPS) is 26.7. The Hall–Kier alpha value is -1.59. The lowest BCUT2D eigenvalue weighted by molar-refractivity contribution is -0.0916. The van der Waals surface area contributed by atoms with Gasteiger partial charge in [0.05, 0.1) is 42.6 Å². The Morgan fingerprint density at radius 1 is 1.37 bits per heavy atom. The molecule has 7 heteroatoms. The van der Waals surface area contributed by atoms with Crippen LogP contribution in [0.5, 0.6) is 0 Å². The highest BCUT2D eigenvalue weighted by Crippen LogP contribution is 2.34. The molecule has 1 unspecified atom stereocenters. The molecular formula is C23H33NO5S. The van der Waals surface area contributed by atoms with Gasteiger partial charge in [0, 0.05) is 18.1 Å². The Balaban J connectivity index is 1.61. The van der Waals surface area contributed by atoms with E-state index in [0.29, 0.717) is 30.9 Å². The van der Waals surface area contributed by atoms with Gasteiger partial charge < -0.3 is 24.6 Å². The number of carbonyl (C=O) groups is 1. The summed E-state index contributed by atoms with van der Waals surface area (Å²) in [4.78, 5) is 13.6. The smallest absolute Gasteiger partial charge is 0.350 e. The molecule has 2 N–H and O–H groups in total. The lowest BCUT2D eigenvalue weighted by atomic mass is 9.82. The van der Waals surface area contributed by atoms with Crippen molar-refractivity contribution in [2.75, 3.05) is 32.2 Å². The van der Waals surface area contributed by atoms with Crippen molar-refractivity contribution in [1.29, 1.82) is 0 Å². The van der Waals surface area contributed by atoms with E-state index in [1.54, 1.807) is 0 Å². The standard InChI is InChI=1S/C23H33NO5S/c1-22(2,3)9-7-18-13-19(20(30-18)21(25)27-4)24-16-5-10-23(26,11-6-16)15-29-17-8-12-28-14-17/h13,16-17,24,26H,5-6,8,10-12,14-15H2,1-4H3. The van der Waals surface area contributed by atoms with Gasteiger partial charge in [-0.05, 0) is 58.9 Å².